The largest absolute Gasteiger partial charge is 0.477 e. The van der Waals surface area contributed by atoms with E-state index in [1.807, 2.05) is 0 Å². The third-order valence-electron chi connectivity index (χ3n) is 7.61. The third-order valence-corrected chi connectivity index (χ3v) is 8.80. The second-order valence-corrected chi connectivity index (χ2v) is 11.1. The standard InChI is InChI=1S/C25H37NO4S/c1-16-2-4-17(5-3-16)15-26(19-8-12-21(28)13-9-19)22-14-23(31-24(22)25(29)30)18-6-10-20(27)11-7-18/h6,14,16-17,19-21,27-28H,2-5,7-13,15H2,1H3,(H,29,30)/t16-,17+,19?,20?,21?. The van der Waals surface area contributed by atoms with Crippen LogP contribution in [0, 0.1) is 11.8 Å². The van der Waals surface area contributed by atoms with Crippen LogP contribution in [0.4, 0.5) is 5.69 Å². The zero-order valence-corrected chi connectivity index (χ0v) is 19.4. The van der Waals surface area contributed by atoms with Gasteiger partial charge in [0.25, 0.3) is 0 Å². The monoisotopic (exact) mass is 447 g/mol. The number of carboxylic acid groups (broad SMARTS) is 1. The van der Waals surface area contributed by atoms with Gasteiger partial charge in [-0.05, 0) is 81.3 Å². The summed E-state index contributed by atoms with van der Waals surface area (Å²) in [7, 11) is 0. The molecule has 1 atom stereocenters. The Kier molecular flexibility index (Phi) is 7.40. The number of anilines is 1. The molecule has 3 aliphatic carbocycles. The van der Waals surface area contributed by atoms with Crippen LogP contribution in [0.5, 0.6) is 0 Å². The van der Waals surface area contributed by atoms with Gasteiger partial charge < -0.3 is 20.2 Å². The molecule has 6 heteroatoms. The van der Waals surface area contributed by atoms with Gasteiger partial charge in [-0.2, -0.15) is 0 Å². The van der Waals surface area contributed by atoms with Crippen LogP contribution >= 0.6 is 11.3 Å². The maximum atomic E-state index is 12.2. The molecule has 2 saturated carbocycles. The summed E-state index contributed by atoms with van der Waals surface area (Å²) >= 11 is 1.39. The lowest BCUT2D eigenvalue weighted by Gasteiger charge is -2.40. The van der Waals surface area contributed by atoms with Crippen molar-refractivity contribution in [3.05, 3.63) is 21.9 Å². The fourth-order valence-corrected chi connectivity index (χ4v) is 6.63. The van der Waals surface area contributed by atoms with Crippen molar-refractivity contribution in [2.24, 2.45) is 11.8 Å². The van der Waals surface area contributed by atoms with Crippen molar-refractivity contribution in [2.45, 2.75) is 95.8 Å². The van der Waals surface area contributed by atoms with E-state index in [-0.39, 0.29) is 12.2 Å². The van der Waals surface area contributed by atoms with Gasteiger partial charge in [0.2, 0.25) is 0 Å². The van der Waals surface area contributed by atoms with Gasteiger partial charge in [-0.25, -0.2) is 4.79 Å². The van der Waals surface area contributed by atoms with Crippen molar-refractivity contribution in [1.82, 2.24) is 0 Å². The summed E-state index contributed by atoms with van der Waals surface area (Å²) in [4.78, 5) is 16.1. The highest BCUT2D eigenvalue weighted by Crippen LogP contribution is 2.41. The van der Waals surface area contributed by atoms with E-state index in [2.05, 4.69) is 24.0 Å². The van der Waals surface area contributed by atoms with Gasteiger partial charge >= 0.3 is 5.97 Å². The second-order valence-electron chi connectivity index (χ2n) is 10.0. The summed E-state index contributed by atoms with van der Waals surface area (Å²) < 4.78 is 0. The Labute approximate surface area is 189 Å². The van der Waals surface area contributed by atoms with Crippen molar-refractivity contribution in [2.75, 3.05) is 11.4 Å². The molecule has 0 bridgehead atoms. The molecular formula is C25H37NO4S. The Morgan fingerprint density at radius 3 is 2.35 bits per heavy atom. The minimum absolute atomic E-state index is 0.218. The van der Waals surface area contributed by atoms with Crippen LogP contribution < -0.4 is 4.90 Å². The molecule has 4 rings (SSSR count). The molecule has 5 nitrogen and oxygen atoms in total. The molecule has 1 aromatic heterocycles. The first kappa shape index (κ1) is 22.8. The molecule has 1 aromatic rings. The van der Waals surface area contributed by atoms with Gasteiger partial charge in [0.1, 0.15) is 4.88 Å². The molecule has 0 radical (unpaired) electrons. The number of rotatable bonds is 6. The quantitative estimate of drug-likeness (QED) is 0.550. The predicted molar refractivity (Wildman–Crippen MR) is 126 cm³/mol. The SMILES string of the molecule is C[C@H]1CC[C@@H](CN(c2cc(C3=CCC(O)CC3)sc2C(=O)O)C2CCC(O)CC2)CC1. The van der Waals surface area contributed by atoms with Crippen LogP contribution in [0.25, 0.3) is 5.57 Å². The van der Waals surface area contributed by atoms with E-state index in [9.17, 15) is 20.1 Å². The van der Waals surface area contributed by atoms with Crippen LogP contribution in [-0.4, -0.2) is 46.1 Å². The molecule has 0 aromatic carbocycles. The highest BCUT2D eigenvalue weighted by Gasteiger charge is 2.32. The zero-order chi connectivity index (χ0) is 22.0. The summed E-state index contributed by atoms with van der Waals surface area (Å²) in [5.74, 6) is 0.559. The lowest BCUT2D eigenvalue weighted by atomic mass is 9.82. The minimum atomic E-state index is -0.846. The maximum absolute atomic E-state index is 12.2. The number of hydrogen-bond acceptors (Lipinski definition) is 5. The lowest BCUT2D eigenvalue weighted by Crippen LogP contribution is -2.43. The Bertz CT molecular complexity index is 787. The molecule has 3 aliphatic rings. The number of aromatic carboxylic acids is 1. The summed E-state index contributed by atoms with van der Waals surface area (Å²) in [5, 5.41) is 29.9. The first-order chi connectivity index (χ1) is 14.9. The maximum Gasteiger partial charge on any atom is 0.348 e. The number of carboxylic acids is 1. The third kappa shape index (κ3) is 5.52. The number of thiophene rings is 1. The Morgan fingerprint density at radius 1 is 1.03 bits per heavy atom. The van der Waals surface area contributed by atoms with Crippen LogP contribution in [0.3, 0.4) is 0 Å². The molecule has 0 aliphatic heterocycles. The highest BCUT2D eigenvalue weighted by molar-refractivity contribution is 7.15. The normalized spacial score (nSPS) is 31.8. The molecule has 0 saturated heterocycles. The van der Waals surface area contributed by atoms with Crippen LogP contribution in [-0.2, 0) is 0 Å². The van der Waals surface area contributed by atoms with Gasteiger partial charge in [0.15, 0.2) is 0 Å². The van der Waals surface area contributed by atoms with Crippen LogP contribution in [0.1, 0.15) is 92.1 Å². The summed E-state index contributed by atoms with van der Waals surface area (Å²) in [6.45, 7) is 3.25. The van der Waals surface area contributed by atoms with Crippen molar-refractivity contribution in [3.8, 4) is 0 Å². The van der Waals surface area contributed by atoms with Crippen molar-refractivity contribution >= 4 is 28.6 Å². The fourth-order valence-electron chi connectivity index (χ4n) is 5.55. The number of allylic oxidation sites excluding steroid dienone is 1. The smallest absolute Gasteiger partial charge is 0.348 e. The number of carbonyl (C=O) groups is 1. The van der Waals surface area contributed by atoms with Crippen molar-refractivity contribution in [1.29, 1.82) is 0 Å². The van der Waals surface area contributed by atoms with Gasteiger partial charge in [-0.3, -0.25) is 0 Å². The summed E-state index contributed by atoms with van der Waals surface area (Å²) in [6.07, 6.45) is 12.2. The number of aliphatic hydroxyl groups is 2. The molecule has 1 unspecified atom stereocenters. The van der Waals surface area contributed by atoms with E-state index in [0.717, 1.165) is 61.6 Å². The molecule has 0 spiro atoms. The predicted octanol–water partition coefficient (Wildman–Crippen LogP) is 5.31. The molecule has 172 valence electrons. The van der Waals surface area contributed by atoms with E-state index in [4.69, 9.17) is 0 Å². The molecule has 1 heterocycles. The molecule has 2 fully saturated rings. The molecular weight excluding hydrogens is 410 g/mol. The zero-order valence-electron chi connectivity index (χ0n) is 18.6. The topological polar surface area (TPSA) is 81.0 Å². The Morgan fingerprint density at radius 2 is 1.74 bits per heavy atom. The van der Waals surface area contributed by atoms with Gasteiger partial charge in [0.05, 0.1) is 17.9 Å². The fraction of sp³-hybridized carbons (Fsp3) is 0.720. The molecule has 31 heavy (non-hydrogen) atoms. The molecule has 3 N–H and O–H groups in total. The summed E-state index contributed by atoms with van der Waals surface area (Å²) in [5.41, 5.74) is 2.05. The Balaban J connectivity index is 1.63. The van der Waals surface area contributed by atoms with E-state index >= 15 is 0 Å². The van der Waals surface area contributed by atoms with Gasteiger partial charge in [0, 0.05) is 17.5 Å². The first-order valence-corrected chi connectivity index (χ1v) is 12.9. The van der Waals surface area contributed by atoms with E-state index in [1.54, 1.807) is 0 Å². The Hall–Kier alpha value is -1.37. The lowest BCUT2D eigenvalue weighted by molar-refractivity contribution is 0.0702. The average molecular weight is 448 g/mol. The van der Waals surface area contributed by atoms with Gasteiger partial charge in [-0.1, -0.05) is 25.8 Å². The number of aliphatic hydroxyl groups excluding tert-OH is 2. The minimum Gasteiger partial charge on any atom is -0.477 e. The second kappa shape index (κ2) is 10.1. The van der Waals surface area contributed by atoms with Crippen LogP contribution in [0.15, 0.2) is 12.1 Å². The van der Waals surface area contributed by atoms with E-state index in [0.29, 0.717) is 23.3 Å². The number of nitrogens with zero attached hydrogens (tertiary/aromatic N) is 1. The van der Waals surface area contributed by atoms with Crippen molar-refractivity contribution < 1.29 is 20.1 Å². The van der Waals surface area contributed by atoms with Gasteiger partial charge in [-0.15, -0.1) is 11.3 Å². The number of hydrogen-bond donors (Lipinski definition) is 3. The molecule has 0 amide bonds. The summed E-state index contributed by atoms with van der Waals surface area (Å²) in [6, 6.07) is 2.40. The highest BCUT2D eigenvalue weighted by atomic mass is 32.1. The van der Waals surface area contributed by atoms with E-state index < -0.39 is 5.97 Å². The first-order valence-electron chi connectivity index (χ1n) is 12.1. The van der Waals surface area contributed by atoms with E-state index in [1.165, 1.54) is 42.6 Å². The average Bonchev–Trinajstić information content (AvgIpc) is 3.20. The van der Waals surface area contributed by atoms with Crippen LogP contribution in [0.2, 0.25) is 0 Å². The van der Waals surface area contributed by atoms with Crippen molar-refractivity contribution in [3.63, 3.8) is 0 Å².